The summed E-state index contributed by atoms with van der Waals surface area (Å²) in [5, 5.41) is 9.81. The Morgan fingerprint density at radius 2 is 1.37 bits per heavy atom. The predicted molar refractivity (Wildman–Crippen MR) is 149 cm³/mol. The maximum atomic E-state index is 12.9. The number of esters is 1. The molecule has 8 nitrogen and oxygen atoms in total. The average Bonchev–Trinajstić information content (AvgIpc) is 2.89. The molecule has 0 bridgehead atoms. The second kappa shape index (κ2) is 20.4. The Hall–Kier alpha value is -1.51. The lowest BCUT2D eigenvalue weighted by molar-refractivity contribution is -0.171. The van der Waals surface area contributed by atoms with E-state index in [1.54, 1.807) is 6.92 Å². The lowest BCUT2D eigenvalue weighted by atomic mass is 9.90. The van der Waals surface area contributed by atoms with Gasteiger partial charge < -0.3 is 24.1 Å². The van der Waals surface area contributed by atoms with Gasteiger partial charge >= 0.3 is 11.9 Å². The van der Waals surface area contributed by atoms with Gasteiger partial charge in [0.2, 0.25) is 0 Å². The molecule has 0 radical (unpaired) electrons. The minimum atomic E-state index is -1.44. The molecule has 38 heavy (non-hydrogen) atoms. The lowest BCUT2D eigenvalue weighted by Crippen LogP contribution is -2.45. The van der Waals surface area contributed by atoms with Gasteiger partial charge in [-0.1, -0.05) is 40.0 Å². The van der Waals surface area contributed by atoms with Gasteiger partial charge in [0, 0.05) is 26.1 Å². The third-order valence-corrected chi connectivity index (χ3v) is 7.19. The number of ketones is 1. The minimum absolute atomic E-state index is 0.0411. The number of Topliss-reactive ketones (excluding diaryl/α,β-unsaturated/α-hetero) is 1. The molecule has 224 valence electrons. The average molecular weight is 545 g/mol. The van der Waals surface area contributed by atoms with Crippen LogP contribution >= 0.6 is 0 Å². The van der Waals surface area contributed by atoms with Crippen molar-refractivity contribution < 1.29 is 38.4 Å². The second-order valence-electron chi connectivity index (χ2n) is 11.0. The smallest absolute Gasteiger partial charge is 0.315 e. The van der Waals surface area contributed by atoms with E-state index >= 15 is 0 Å². The minimum Gasteiger partial charge on any atom is -0.481 e. The number of carbonyl (C=O) groups is 3. The molecule has 0 saturated heterocycles. The fourth-order valence-corrected chi connectivity index (χ4v) is 3.73. The third kappa shape index (κ3) is 15.8. The van der Waals surface area contributed by atoms with Gasteiger partial charge in [-0.05, 0) is 72.6 Å². The van der Waals surface area contributed by atoms with Gasteiger partial charge in [0.15, 0.2) is 5.78 Å². The first kappa shape index (κ1) is 36.5. The van der Waals surface area contributed by atoms with E-state index in [1.165, 1.54) is 6.92 Å². The molecule has 0 heterocycles. The van der Waals surface area contributed by atoms with Crippen molar-refractivity contribution in [3.05, 3.63) is 0 Å². The van der Waals surface area contributed by atoms with Gasteiger partial charge in [-0.15, -0.1) is 0 Å². The number of ether oxygens (including phenoxy) is 4. The van der Waals surface area contributed by atoms with Gasteiger partial charge in [-0.25, -0.2) is 0 Å². The Labute approximate surface area is 231 Å². The summed E-state index contributed by atoms with van der Waals surface area (Å²) < 4.78 is 22.6. The summed E-state index contributed by atoms with van der Waals surface area (Å²) in [5.41, 5.74) is -2.52. The first-order valence-electron chi connectivity index (χ1n) is 14.7. The molecule has 4 unspecified atom stereocenters. The Morgan fingerprint density at radius 3 is 1.89 bits per heavy atom. The van der Waals surface area contributed by atoms with Crippen LogP contribution in [0.1, 0.15) is 126 Å². The molecular weight excluding hydrogens is 488 g/mol. The van der Waals surface area contributed by atoms with Crippen LogP contribution in [0.25, 0.3) is 0 Å². The highest BCUT2D eigenvalue weighted by Gasteiger charge is 2.40. The second-order valence-corrected chi connectivity index (χ2v) is 11.0. The number of hydrogen-bond donors (Lipinski definition) is 1. The number of rotatable bonds is 25. The van der Waals surface area contributed by atoms with Gasteiger partial charge in [0.05, 0.1) is 18.8 Å². The molecule has 0 amide bonds. The largest absolute Gasteiger partial charge is 0.481 e. The zero-order valence-electron chi connectivity index (χ0n) is 25.3. The van der Waals surface area contributed by atoms with Crippen molar-refractivity contribution in [2.45, 2.75) is 143 Å². The first-order valence-corrected chi connectivity index (χ1v) is 14.7. The quantitative estimate of drug-likeness (QED) is 0.102. The van der Waals surface area contributed by atoms with E-state index in [1.807, 2.05) is 13.8 Å². The summed E-state index contributed by atoms with van der Waals surface area (Å²) in [4.78, 5) is 37.1. The maximum Gasteiger partial charge on any atom is 0.315 e. The van der Waals surface area contributed by atoms with Gasteiger partial charge in [-0.3, -0.25) is 14.4 Å². The highest BCUT2D eigenvalue weighted by molar-refractivity contribution is 5.87. The van der Waals surface area contributed by atoms with Crippen LogP contribution in [0.5, 0.6) is 0 Å². The van der Waals surface area contributed by atoms with E-state index in [-0.39, 0.29) is 37.6 Å². The van der Waals surface area contributed by atoms with Crippen molar-refractivity contribution in [2.24, 2.45) is 5.41 Å². The van der Waals surface area contributed by atoms with Crippen molar-refractivity contribution in [1.29, 1.82) is 0 Å². The summed E-state index contributed by atoms with van der Waals surface area (Å²) in [5.74, 6) is -1.60. The number of aliphatic carboxylic acids is 1. The Morgan fingerprint density at radius 1 is 0.789 bits per heavy atom. The molecule has 4 atom stereocenters. The third-order valence-electron chi connectivity index (χ3n) is 7.19. The molecular formula is C30H56O8. The summed E-state index contributed by atoms with van der Waals surface area (Å²) in [6, 6.07) is 0. The molecule has 1 N–H and O–H groups in total. The topological polar surface area (TPSA) is 108 Å². The first-order chi connectivity index (χ1) is 17.9. The van der Waals surface area contributed by atoms with E-state index in [9.17, 15) is 19.5 Å². The summed E-state index contributed by atoms with van der Waals surface area (Å²) >= 11 is 0. The molecule has 0 aliphatic heterocycles. The number of carboxylic acid groups (broad SMARTS) is 1. The predicted octanol–water partition coefficient (Wildman–Crippen LogP) is 6.52. The normalized spacial score (nSPS) is 16.3. The fourth-order valence-electron chi connectivity index (χ4n) is 3.73. The SMILES string of the molecule is CCCC(C)OCCCCCC(=O)OCC(C)(COC(C)(CC)C(=O)CCCCCOC(C)CC)C(=O)O. The van der Waals surface area contributed by atoms with Gasteiger partial charge in [-0.2, -0.15) is 0 Å². The fraction of sp³-hybridized carbons (Fsp3) is 0.900. The van der Waals surface area contributed by atoms with Crippen molar-refractivity contribution >= 4 is 17.7 Å². The van der Waals surface area contributed by atoms with Crippen LogP contribution < -0.4 is 0 Å². The van der Waals surface area contributed by atoms with E-state index in [0.29, 0.717) is 32.5 Å². The molecule has 8 heteroatoms. The zero-order valence-corrected chi connectivity index (χ0v) is 25.3. The Bertz CT molecular complexity index is 667. The highest BCUT2D eigenvalue weighted by atomic mass is 16.5. The monoisotopic (exact) mass is 544 g/mol. The maximum absolute atomic E-state index is 12.9. The van der Waals surface area contributed by atoms with Crippen molar-refractivity contribution in [3.63, 3.8) is 0 Å². The number of unbranched alkanes of at least 4 members (excludes halogenated alkanes) is 4. The van der Waals surface area contributed by atoms with Crippen LogP contribution in [0.3, 0.4) is 0 Å². The van der Waals surface area contributed by atoms with Crippen LogP contribution in [-0.4, -0.2) is 67.1 Å². The van der Waals surface area contributed by atoms with Crippen LogP contribution in [0, 0.1) is 5.41 Å². The standard InChI is InChI=1S/C30H56O8/c1-8-17-25(5)36-21-16-12-14-19-27(32)37-22-29(6,28(33)34)23-38-30(7,10-3)26(31)18-13-11-15-20-35-24(4)9-2/h24-25H,8-23H2,1-7H3,(H,33,34). The van der Waals surface area contributed by atoms with E-state index < -0.39 is 23.0 Å². The summed E-state index contributed by atoms with van der Waals surface area (Å²) in [6.45, 7) is 14.2. The lowest BCUT2D eigenvalue weighted by Gasteiger charge is -2.32. The van der Waals surface area contributed by atoms with E-state index in [4.69, 9.17) is 18.9 Å². The van der Waals surface area contributed by atoms with Crippen molar-refractivity contribution in [3.8, 4) is 0 Å². The number of carboxylic acids is 1. The van der Waals surface area contributed by atoms with Crippen molar-refractivity contribution in [2.75, 3.05) is 26.4 Å². The Kier molecular flexibility index (Phi) is 19.6. The number of carbonyl (C=O) groups excluding carboxylic acids is 2. The van der Waals surface area contributed by atoms with Crippen molar-refractivity contribution in [1.82, 2.24) is 0 Å². The number of hydrogen-bond acceptors (Lipinski definition) is 7. The molecule has 0 aromatic carbocycles. The van der Waals surface area contributed by atoms with Gasteiger partial charge in [0.1, 0.15) is 17.6 Å². The molecule has 0 spiro atoms. The zero-order chi connectivity index (χ0) is 29.0. The molecule has 0 saturated carbocycles. The highest BCUT2D eigenvalue weighted by Crippen LogP contribution is 2.26. The molecule has 0 aromatic rings. The molecule has 0 fully saturated rings. The van der Waals surface area contributed by atoms with Crippen LogP contribution in [0.15, 0.2) is 0 Å². The van der Waals surface area contributed by atoms with Crippen LogP contribution in [0.4, 0.5) is 0 Å². The molecule has 0 rings (SSSR count). The molecule has 0 aliphatic rings. The summed E-state index contributed by atoms with van der Waals surface area (Å²) in [7, 11) is 0. The van der Waals surface area contributed by atoms with Crippen LogP contribution in [-0.2, 0) is 33.3 Å². The molecule has 0 aromatic heterocycles. The van der Waals surface area contributed by atoms with Gasteiger partial charge in [0.25, 0.3) is 0 Å². The molecule has 0 aliphatic carbocycles. The Balaban J connectivity index is 4.48. The van der Waals surface area contributed by atoms with E-state index in [2.05, 4.69) is 20.8 Å². The van der Waals surface area contributed by atoms with E-state index in [0.717, 1.165) is 51.4 Å². The van der Waals surface area contributed by atoms with Crippen LogP contribution in [0.2, 0.25) is 0 Å². The summed E-state index contributed by atoms with van der Waals surface area (Å²) in [6.07, 6.45) is 9.55.